The van der Waals surface area contributed by atoms with Gasteiger partial charge < -0.3 is 10.7 Å². The molecule has 0 saturated carbocycles. The Labute approximate surface area is 130 Å². The number of likely N-dealkylation sites (tertiary alicyclic amines) is 1. The van der Waals surface area contributed by atoms with Crippen molar-refractivity contribution in [3.05, 3.63) is 35.3 Å². The van der Waals surface area contributed by atoms with Crippen molar-refractivity contribution in [2.75, 3.05) is 12.3 Å². The summed E-state index contributed by atoms with van der Waals surface area (Å²) >= 11 is 0. The van der Waals surface area contributed by atoms with Crippen LogP contribution in [0.1, 0.15) is 54.8 Å². The zero-order valence-corrected chi connectivity index (χ0v) is 12.8. The first-order valence-electron chi connectivity index (χ1n) is 8.19. The largest absolute Gasteiger partial charge is 0.384 e. The van der Waals surface area contributed by atoms with Crippen LogP contribution in [-0.4, -0.2) is 31.4 Å². The van der Waals surface area contributed by atoms with E-state index in [1.807, 2.05) is 0 Å². The molecule has 1 fully saturated rings. The molecule has 1 aliphatic carbocycles. The van der Waals surface area contributed by atoms with E-state index in [-0.39, 0.29) is 0 Å². The number of nitrogen functional groups attached to an aromatic ring is 1. The first-order chi connectivity index (χ1) is 10.8. The van der Waals surface area contributed by atoms with Crippen LogP contribution in [0.4, 0.5) is 5.82 Å². The summed E-state index contributed by atoms with van der Waals surface area (Å²) in [6.45, 7) is 1.80. The van der Waals surface area contributed by atoms with Crippen LogP contribution in [-0.2, 0) is 19.4 Å². The number of nitrogens with one attached hydrogen (secondary N) is 1. The van der Waals surface area contributed by atoms with Crippen LogP contribution < -0.4 is 5.73 Å². The van der Waals surface area contributed by atoms with Crippen LogP contribution in [0.15, 0.2) is 12.3 Å². The highest BCUT2D eigenvalue weighted by atomic mass is 15.2. The molecule has 2 aliphatic rings. The molecule has 0 unspecified atom stereocenters. The van der Waals surface area contributed by atoms with Crippen LogP contribution in [0, 0.1) is 0 Å². The van der Waals surface area contributed by atoms with Crippen molar-refractivity contribution in [3.63, 3.8) is 0 Å². The Balaban J connectivity index is 1.54. The molecule has 116 valence electrons. The summed E-state index contributed by atoms with van der Waals surface area (Å²) in [5.74, 6) is 2.46. The van der Waals surface area contributed by atoms with E-state index < -0.39 is 0 Å². The van der Waals surface area contributed by atoms with E-state index in [2.05, 4.69) is 19.9 Å². The molecule has 0 aromatic carbocycles. The van der Waals surface area contributed by atoms with Gasteiger partial charge in [-0.2, -0.15) is 0 Å². The Morgan fingerprint density at radius 1 is 1.23 bits per heavy atom. The summed E-state index contributed by atoms with van der Waals surface area (Å²) in [6.07, 6.45) is 8.88. The van der Waals surface area contributed by atoms with E-state index in [1.165, 1.54) is 30.7 Å². The first-order valence-corrected chi connectivity index (χ1v) is 8.19. The normalized spacial score (nSPS) is 21.9. The number of aromatic nitrogens is 4. The zero-order valence-electron chi connectivity index (χ0n) is 12.8. The van der Waals surface area contributed by atoms with Gasteiger partial charge in [0, 0.05) is 11.9 Å². The third kappa shape index (κ3) is 2.59. The molecule has 6 heteroatoms. The second kappa shape index (κ2) is 5.68. The summed E-state index contributed by atoms with van der Waals surface area (Å²) in [6, 6.07) is 2.08. The third-order valence-electron chi connectivity index (χ3n) is 4.72. The number of hydrogen-bond acceptors (Lipinski definition) is 5. The van der Waals surface area contributed by atoms with E-state index in [9.17, 15) is 0 Å². The highest BCUT2D eigenvalue weighted by molar-refractivity contribution is 5.25. The van der Waals surface area contributed by atoms with Crippen molar-refractivity contribution in [2.24, 2.45) is 0 Å². The molecule has 4 rings (SSSR count). The fraction of sp³-hybridized carbons (Fsp3) is 0.562. The number of H-pyrrole nitrogens is 1. The summed E-state index contributed by atoms with van der Waals surface area (Å²) in [7, 11) is 0. The van der Waals surface area contributed by atoms with Gasteiger partial charge in [-0.3, -0.25) is 4.90 Å². The van der Waals surface area contributed by atoms with E-state index in [1.54, 1.807) is 12.3 Å². The van der Waals surface area contributed by atoms with E-state index in [0.29, 0.717) is 11.9 Å². The standard InChI is InChI=1S/C16H22N6/c17-14-7-8-18-15(21-14)10-22-9-3-6-13(22)16-19-11-4-1-2-5-12(11)20-16/h7-8,13H,1-6,9-10H2,(H,19,20)(H2,17,18,21)/t13-/m0/s1. The number of imidazole rings is 1. The molecule has 22 heavy (non-hydrogen) atoms. The maximum Gasteiger partial charge on any atom is 0.144 e. The van der Waals surface area contributed by atoms with Gasteiger partial charge in [0.05, 0.1) is 18.3 Å². The number of anilines is 1. The van der Waals surface area contributed by atoms with Gasteiger partial charge in [0.1, 0.15) is 17.5 Å². The second-order valence-corrected chi connectivity index (χ2v) is 6.28. The summed E-state index contributed by atoms with van der Waals surface area (Å²) in [5.41, 5.74) is 8.40. The highest BCUT2D eigenvalue weighted by Gasteiger charge is 2.30. The topological polar surface area (TPSA) is 83.7 Å². The Kier molecular flexibility index (Phi) is 3.54. The summed E-state index contributed by atoms with van der Waals surface area (Å²) < 4.78 is 0. The maximum absolute atomic E-state index is 5.76. The van der Waals surface area contributed by atoms with Gasteiger partial charge in [0.15, 0.2) is 0 Å². The maximum atomic E-state index is 5.76. The lowest BCUT2D eigenvalue weighted by Gasteiger charge is -2.21. The molecule has 2 aromatic heterocycles. The number of fused-ring (bicyclic) bond motifs is 1. The van der Waals surface area contributed by atoms with Crippen LogP contribution in [0.2, 0.25) is 0 Å². The molecule has 0 bridgehead atoms. The molecule has 0 spiro atoms. The van der Waals surface area contributed by atoms with Crippen molar-refractivity contribution in [2.45, 2.75) is 51.1 Å². The predicted molar refractivity (Wildman–Crippen MR) is 84.1 cm³/mol. The quantitative estimate of drug-likeness (QED) is 0.905. The van der Waals surface area contributed by atoms with Gasteiger partial charge >= 0.3 is 0 Å². The van der Waals surface area contributed by atoms with E-state index in [4.69, 9.17) is 10.7 Å². The molecule has 2 aromatic rings. The van der Waals surface area contributed by atoms with Gasteiger partial charge in [-0.1, -0.05) is 0 Å². The zero-order chi connectivity index (χ0) is 14.9. The summed E-state index contributed by atoms with van der Waals surface area (Å²) in [5, 5.41) is 0. The molecule has 1 aliphatic heterocycles. The Morgan fingerprint density at radius 3 is 3.00 bits per heavy atom. The number of nitrogens with two attached hydrogens (primary N) is 1. The minimum atomic E-state index is 0.357. The van der Waals surface area contributed by atoms with Crippen LogP contribution in [0.3, 0.4) is 0 Å². The number of rotatable bonds is 3. The average molecular weight is 298 g/mol. The molecule has 3 N–H and O–H groups in total. The SMILES string of the molecule is Nc1ccnc(CN2CCC[C@H]2c2nc3c([nH]2)CCCC3)n1. The second-order valence-electron chi connectivity index (χ2n) is 6.28. The molecule has 1 atom stereocenters. The Morgan fingerprint density at radius 2 is 2.14 bits per heavy atom. The third-order valence-corrected chi connectivity index (χ3v) is 4.72. The van der Waals surface area contributed by atoms with Crippen LogP contribution in [0.5, 0.6) is 0 Å². The van der Waals surface area contributed by atoms with Gasteiger partial charge in [0.2, 0.25) is 0 Å². The minimum Gasteiger partial charge on any atom is -0.384 e. The summed E-state index contributed by atoms with van der Waals surface area (Å²) in [4.78, 5) is 19.5. The average Bonchev–Trinajstić information content (AvgIpc) is 3.13. The molecule has 3 heterocycles. The smallest absolute Gasteiger partial charge is 0.144 e. The van der Waals surface area contributed by atoms with Crippen LogP contribution >= 0.6 is 0 Å². The lowest BCUT2D eigenvalue weighted by molar-refractivity contribution is 0.234. The van der Waals surface area contributed by atoms with Gasteiger partial charge in [-0.15, -0.1) is 0 Å². The van der Waals surface area contributed by atoms with Crippen molar-refractivity contribution < 1.29 is 0 Å². The van der Waals surface area contributed by atoms with Gasteiger partial charge in [-0.25, -0.2) is 15.0 Å². The van der Waals surface area contributed by atoms with E-state index >= 15 is 0 Å². The van der Waals surface area contributed by atoms with Crippen molar-refractivity contribution in [1.29, 1.82) is 0 Å². The highest BCUT2D eigenvalue weighted by Crippen LogP contribution is 2.32. The molecular formula is C16H22N6. The molecular weight excluding hydrogens is 276 g/mol. The molecule has 1 saturated heterocycles. The van der Waals surface area contributed by atoms with Crippen molar-refractivity contribution in [3.8, 4) is 0 Å². The Hall–Kier alpha value is -1.95. The first kappa shape index (κ1) is 13.7. The van der Waals surface area contributed by atoms with Crippen molar-refractivity contribution in [1.82, 2.24) is 24.8 Å². The molecule has 0 radical (unpaired) electrons. The van der Waals surface area contributed by atoms with E-state index in [0.717, 1.165) is 44.0 Å². The van der Waals surface area contributed by atoms with Gasteiger partial charge in [-0.05, 0) is 51.1 Å². The predicted octanol–water partition coefficient (Wildman–Crippen LogP) is 2.00. The number of aromatic amines is 1. The Bertz CT molecular complexity index is 641. The monoisotopic (exact) mass is 298 g/mol. The molecule has 6 nitrogen and oxygen atoms in total. The minimum absolute atomic E-state index is 0.357. The fourth-order valence-corrected chi connectivity index (χ4v) is 3.63. The van der Waals surface area contributed by atoms with Crippen molar-refractivity contribution >= 4 is 5.82 Å². The lowest BCUT2D eigenvalue weighted by Crippen LogP contribution is -2.24. The number of nitrogens with zero attached hydrogens (tertiary/aromatic N) is 4. The number of hydrogen-bond donors (Lipinski definition) is 2. The lowest BCUT2D eigenvalue weighted by atomic mass is 10.0. The van der Waals surface area contributed by atoms with Gasteiger partial charge in [0.25, 0.3) is 0 Å². The fourth-order valence-electron chi connectivity index (χ4n) is 3.63. The van der Waals surface area contributed by atoms with Crippen LogP contribution in [0.25, 0.3) is 0 Å². The molecule has 0 amide bonds. The number of aryl methyl sites for hydroxylation is 2.